The van der Waals surface area contributed by atoms with E-state index in [1.54, 1.807) is 18.3 Å². The van der Waals surface area contributed by atoms with E-state index in [9.17, 15) is 22.0 Å². The van der Waals surface area contributed by atoms with Crippen molar-refractivity contribution in [3.63, 3.8) is 0 Å². The van der Waals surface area contributed by atoms with Crippen molar-refractivity contribution >= 4 is 26.7 Å². The summed E-state index contributed by atoms with van der Waals surface area (Å²) in [6.45, 7) is 0.715. The third kappa shape index (κ3) is 4.33. The Morgan fingerprint density at radius 1 is 1.06 bits per heavy atom. The Bertz CT molecular complexity index is 1350. The molecule has 0 aliphatic heterocycles. The number of nitrogens with zero attached hydrogens (tertiary/aromatic N) is 3. The first kappa shape index (κ1) is 21.5. The second-order valence-electron chi connectivity index (χ2n) is 6.96. The van der Waals surface area contributed by atoms with E-state index in [0.717, 1.165) is 29.9 Å². The highest BCUT2D eigenvalue weighted by molar-refractivity contribution is 7.91. The molecule has 4 heterocycles. The maximum absolute atomic E-state index is 13.3. The van der Waals surface area contributed by atoms with Gasteiger partial charge >= 0.3 is 0 Å². The topological polar surface area (TPSA) is 115 Å². The molecule has 8 nitrogen and oxygen atoms in total. The number of hydrogen-bond donors (Lipinski definition) is 1. The lowest BCUT2D eigenvalue weighted by atomic mass is 10.2. The fraction of sp³-hybridized carbons (Fsp3) is 0.143. The van der Waals surface area contributed by atoms with Gasteiger partial charge in [-0.15, -0.1) is 0 Å². The monoisotopic (exact) mass is 458 g/mol. The predicted molar refractivity (Wildman–Crippen MR) is 109 cm³/mol. The van der Waals surface area contributed by atoms with Crippen LogP contribution in [0.4, 0.5) is 8.78 Å². The third-order valence-corrected chi connectivity index (χ3v) is 6.31. The van der Waals surface area contributed by atoms with E-state index in [1.807, 2.05) is 0 Å². The molecular weight excluding hydrogens is 442 g/mol. The Labute approximate surface area is 181 Å². The van der Waals surface area contributed by atoms with E-state index in [1.165, 1.54) is 18.3 Å². The van der Waals surface area contributed by atoms with Crippen molar-refractivity contribution in [3.05, 3.63) is 78.3 Å². The molecule has 0 unspecified atom stereocenters. The molecule has 0 saturated heterocycles. The summed E-state index contributed by atoms with van der Waals surface area (Å²) in [4.78, 5) is 23.5. The summed E-state index contributed by atoms with van der Waals surface area (Å²) in [6, 6.07) is 8.11. The van der Waals surface area contributed by atoms with Gasteiger partial charge < -0.3 is 9.73 Å². The number of carbonyl (C=O) groups excluding carboxylic acids is 1. The van der Waals surface area contributed by atoms with Crippen LogP contribution in [-0.4, -0.2) is 29.3 Å². The van der Waals surface area contributed by atoms with Crippen LogP contribution >= 0.6 is 0 Å². The van der Waals surface area contributed by atoms with Gasteiger partial charge in [0.25, 0.3) is 11.8 Å². The molecule has 4 rings (SSSR count). The molecule has 0 aromatic carbocycles. The van der Waals surface area contributed by atoms with Crippen molar-refractivity contribution in [2.75, 3.05) is 0 Å². The van der Waals surface area contributed by atoms with Crippen molar-refractivity contribution in [1.82, 2.24) is 20.3 Å². The first-order valence-electron chi connectivity index (χ1n) is 9.31. The Kier molecular flexibility index (Phi) is 5.43. The summed E-state index contributed by atoms with van der Waals surface area (Å²) in [5.74, 6) is -3.52. The quantitative estimate of drug-likeness (QED) is 0.470. The minimum absolute atomic E-state index is 0.0380. The van der Waals surface area contributed by atoms with Crippen LogP contribution in [0.1, 0.15) is 28.9 Å². The van der Waals surface area contributed by atoms with Crippen molar-refractivity contribution in [2.45, 2.75) is 29.2 Å². The summed E-state index contributed by atoms with van der Waals surface area (Å²) >= 11 is 0. The number of fused-ring (bicyclic) bond motifs is 1. The van der Waals surface area contributed by atoms with Gasteiger partial charge in [-0.1, -0.05) is 0 Å². The van der Waals surface area contributed by atoms with Crippen LogP contribution in [0.2, 0.25) is 0 Å². The van der Waals surface area contributed by atoms with Gasteiger partial charge in [-0.2, -0.15) is 8.78 Å². The Morgan fingerprint density at radius 3 is 2.38 bits per heavy atom. The molecule has 0 spiro atoms. The molecule has 32 heavy (non-hydrogen) atoms. The number of nitrogens with one attached hydrogen (secondary N) is 1. The van der Waals surface area contributed by atoms with Gasteiger partial charge in [-0.05, 0) is 36.4 Å². The van der Waals surface area contributed by atoms with Crippen molar-refractivity contribution in [2.24, 2.45) is 0 Å². The van der Waals surface area contributed by atoms with Crippen molar-refractivity contribution < 1.29 is 26.4 Å². The summed E-state index contributed by atoms with van der Waals surface area (Å²) < 4.78 is 57.4. The minimum atomic E-state index is -3.99. The van der Waals surface area contributed by atoms with Gasteiger partial charge in [0.05, 0.1) is 28.2 Å². The third-order valence-electron chi connectivity index (χ3n) is 4.58. The van der Waals surface area contributed by atoms with Crippen LogP contribution in [0.25, 0.3) is 11.0 Å². The van der Waals surface area contributed by atoms with E-state index in [-0.39, 0.29) is 22.1 Å². The number of furan rings is 1. The predicted octanol–water partition coefficient (Wildman–Crippen LogP) is 3.49. The second kappa shape index (κ2) is 8.08. The summed E-state index contributed by atoms with van der Waals surface area (Å²) in [5.41, 5.74) is 0.367. The van der Waals surface area contributed by atoms with Crippen molar-refractivity contribution in [1.29, 1.82) is 0 Å². The zero-order chi connectivity index (χ0) is 22.9. The van der Waals surface area contributed by atoms with E-state index in [4.69, 9.17) is 4.42 Å². The molecule has 0 fully saturated rings. The summed E-state index contributed by atoms with van der Waals surface area (Å²) in [5, 5.41) is 3.38. The molecule has 0 saturated carbocycles. The number of alkyl halides is 2. The number of pyridine rings is 3. The normalized spacial score (nSPS) is 12.1. The van der Waals surface area contributed by atoms with Gasteiger partial charge in [0, 0.05) is 30.9 Å². The van der Waals surface area contributed by atoms with E-state index in [0.29, 0.717) is 18.2 Å². The molecule has 0 radical (unpaired) electrons. The largest absolute Gasteiger partial charge is 0.449 e. The number of halogens is 2. The maximum atomic E-state index is 13.3. The lowest BCUT2D eigenvalue weighted by Crippen LogP contribution is -2.22. The standard InChI is InChI=1S/C21H16F2N4O4S/c1-21(22,23)19-5-4-16(11-26-19)32(29,30)15-3-2-14(25-10-15)9-27-20(28)17-8-13-6-7-24-12-18(13)31-17/h2-8,10-12H,9H2,1H3,(H,27,28). The highest BCUT2D eigenvalue weighted by Crippen LogP contribution is 2.27. The molecular formula is C21H16F2N4O4S. The molecule has 164 valence electrons. The Morgan fingerprint density at radius 2 is 1.78 bits per heavy atom. The van der Waals surface area contributed by atoms with Crippen LogP contribution in [-0.2, 0) is 22.3 Å². The lowest BCUT2D eigenvalue weighted by molar-refractivity contribution is 0.0126. The number of sulfone groups is 1. The minimum Gasteiger partial charge on any atom is -0.449 e. The molecule has 4 aromatic heterocycles. The Hall–Kier alpha value is -3.73. The number of hydrogen-bond acceptors (Lipinski definition) is 7. The summed E-state index contributed by atoms with van der Waals surface area (Å²) in [6.07, 6.45) is 5.11. The van der Waals surface area contributed by atoms with Crippen LogP contribution in [0.3, 0.4) is 0 Å². The van der Waals surface area contributed by atoms with E-state index >= 15 is 0 Å². The highest BCUT2D eigenvalue weighted by Gasteiger charge is 2.27. The molecule has 4 aromatic rings. The van der Waals surface area contributed by atoms with Crippen LogP contribution in [0.15, 0.2) is 75.4 Å². The zero-order valence-corrected chi connectivity index (χ0v) is 17.4. The van der Waals surface area contributed by atoms with E-state index < -0.39 is 27.4 Å². The van der Waals surface area contributed by atoms with Gasteiger partial charge in [0.2, 0.25) is 9.84 Å². The van der Waals surface area contributed by atoms with Gasteiger partial charge in [-0.3, -0.25) is 19.7 Å². The maximum Gasteiger partial charge on any atom is 0.287 e. The molecule has 0 atom stereocenters. The fourth-order valence-electron chi connectivity index (χ4n) is 2.86. The van der Waals surface area contributed by atoms with Crippen LogP contribution in [0.5, 0.6) is 0 Å². The van der Waals surface area contributed by atoms with Gasteiger partial charge in [0.1, 0.15) is 5.69 Å². The molecule has 1 amide bonds. The van der Waals surface area contributed by atoms with Gasteiger partial charge in [-0.25, -0.2) is 8.42 Å². The number of carbonyl (C=O) groups is 1. The molecule has 1 N–H and O–H groups in total. The number of aromatic nitrogens is 3. The zero-order valence-electron chi connectivity index (χ0n) is 16.6. The van der Waals surface area contributed by atoms with Crippen LogP contribution < -0.4 is 5.32 Å². The number of rotatable bonds is 6. The SMILES string of the molecule is CC(F)(F)c1ccc(S(=O)(=O)c2ccc(CNC(=O)c3cc4ccncc4o3)nc2)cn1. The molecule has 0 aliphatic rings. The average molecular weight is 458 g/mol. The Balaban J connectivity index is 1.44. The first-order valence-corrected chi connectivity index (χ1v) is 10.8. The molecule has 0 aliphatic carbocycles. The lowest BCUT2D eigenvalue weighted by Gasteiger charge is -2.10. The summed E-state index contributed by atoms with van der Waals surface area (Å²) in [7, 11) is -3.99. The number of amides is 1. The van der Waals surface area contributed by atoms with Crippen molar-refractivity contribution in [3.8, 4) is 0 Å². The fourth-order valence-corrected chi connectivity index (χ4v) is 4.01. The highest BCUT2D eigenvalue weighted by atomic mass is 32.2. The molecule has 0 bridgehead atoms. The van der Waals surface area contributed by atoms with E-state index in [2.05, 4.69) is 20.3 Å². The molecule has 11 heteroatoms. The van der Waals surface area contributed by atoms with Crippen LogP contribution in [0, 0.1) is 0 Å². The smallest absolute Gasteiger partial charge is 0.287 e. The average Bonchev–Trinajstić information content (AvgIpc) is 3.22. The first-order chi connectivity index (χ1) is 15.1. The second-order valence-corrected chi connectivity index (χ2v) is 8.91. The van der Waals surface area contributed by atoms with Gasteiger partial charge in [0.15, 0.2) is 11.3 Å².